The summed E-state index contributed by atoms with van der Waals surface area (Å²) in [5.74, 6) is 1.64. The molecule has 1 aromatic carbocycles. The molecule has 3 nitrogen and oxygen atoms in total. The molecule has 0 amide bonds. The van der Waals surface area contributed by atoms with Crippen molar-refractivity contribution < 1.29 is 0 Å². The third-order valence-corrected chi connectivity index (χ3v) is 4.19. The third kappa shape index (κ3) is 2.88. The number of nitrogens with zero attached hydrogens (tertiary/aromatic N) is 2. The Balaban J connectivity index is 2.63. The fourth-order valence-corrected chi connectivity index (χ4v) is 2.90. The molecular weight excluding hydrogens is 349 g/mol. The number of nitrogen functional groups attached to an aromatic ring is 1. The number of rotatable bonds is 3. The molecule has 2 rings (SSSR count). The van der Waals surface area contributed by atoms with Gasteiger partial charge < -0.3 is 5.73 Å². The minimum Gasteiger partial charge on any atom is -0.383 e. The summed E-state index contributed by atoms with van der Waals surface area (Å²) in [6.45, 7) is 6.39. The highest BCUT2D eigenvalue weighted by atomic mass is 127. The molecule has 2 N–H and O–H groups in total. The zero-order chi connectivity index (χ0) is 14.0. The van der Waals surface area contributed by atoms with Crippen LogP contribution in [-0.2, 0) is 6.42 Å². The lowest BCUT2D eigenvalue weighted by Gasteiger charge is -2.13. The lowest BCUT2D eigenvalue weighted by molar-refractivity contribution is 0.810. The quantitative estimate of drug-likeness (QED) is 0.834. The predicted octanol–water partition coefficient (Wildman–Crippen LogP) is 4.02. The summed E-state index contributed by atoms with van der Waals surface area (Å²) in [5.41, 5.74) is 9.38. The van der Waals surface area contributed by atoms with E-state index in [0.717, 1.165) is 27.1 Å². The molecule has 0 aliphatic carbocycles. The predicted molar refractivity (Wildman–Crippen MR) is 88.1 cm³/mol. The summed E-state index contributed by atoms with van der Waals surface area (Å²) in [6.07, 6.45) is 0.961. The van der Waals surface area contributed by atoms with Gasteiger partial charge in [-0.3, -0.25) is 0 Å². The minimum absolute atomic E-state index is 0.338. The molecule has 0 aliphatic rings. The van der Waals surface area contributed by atoms with Gasteiger partial charge in [-0.15, -0.1) is 0 Å². The smallest absolute Gasteiger partial charge is 0.162 e. The second kappa shape index (κ2) is 5.86. The number of anilines is 1. The Bertz CT molecular complexity index is 594. The van der Waals surface area contributed by atoms with E-state index >= 15 is 0 Å². The highest BCUT2D eigenvalue weighted by Gasteiger charge is 2.15. The normalized spacial score (nSPS) is 11.0. The number of aryl methyl sites for hydroxylation is 1. The molecule has 0 aliphatic heterocycles. The second-order valence-electron chi connectivity index (χ2n) is 4.80. The lowest BCUT2D eigenvalue weighted by atomic mass is 10.0. The molecule has 100 valence electrons. The molecule has 0 fully saturated rings. The van der Waals surface area contributed by atoms with E-state index in [4.69, 9.17) is 10.7 Å². The van der Waals surface area contributed by atoms with Crippen molar-refractivity contribution in [3.63, 3.8) is 0 Å². The second-order valence-corrected chi connectivity index (χ2v) is 5.88. The third-order valence-electron chi connectivity index (χ3n) is 3.09. The molecule has 0 radical (unpaired) electrons. The van der Waals surface area contributed by atoms with Gasteiger partial charge in [-0.2, -0.15) is 0 Å². The monoisotopic (exact) mass is 367 g/mol. The van der Waals surface area contributed by atoms with Gasteiger partial charge in [0.1, 0.15) is 5.82 Å². The zero-order valence-electron chi connectivity index (χ0n) is 11.4. The van der Waals surface area contributed by atoms with E-state index in [1.165, 1.54) is 5.56 Å². The van der Waals surface area contributed by atoms with Crippen molar-refractivity contribution >= 4 is 28.4 Å². The maximum Gasteiger partial charge on any atom is 0.162 e. The van der Waals surface area contributed by atoms with Crippen LogP contribution in [0.1, 0.15) is 37.9 Å². The average Bonchev–Trinajstić information content (AvgIpc) is 2.41. The molecular formula is C15H18IN3. The fraction of sp³-hybridized carbons (Fsp3) is 0.333. The topological polar surface area (TPSA) is 51.8 Å². The Morgan fingerprint density at radius 1 is 1.21 bits per heavy atom. The van der Waals surface area contributed by atoms with Gasteiger partial charge >= 0.3 is 0 Å². The van der Waals surface area contributed by atoms with Crippen LogP contribution in [0.25, 0.3) is 11.4 Å². The van der Waals surface area contributed by atoms with E-state index in [1.54, 1.807) is 0 Å². The Kier molecular flexibility index (Phi) is 4.39. The van der Waals surface area contributed by atoms with Gasteiger partial charge in [0.2, 0.25) is 0 Å². The van der Waals surface area contributed by atoms with Crippen molar-refractivity contribution in [2.45, 2.75) is 33.1 Å². The number of aromatic nitrogens is 2. The Labute approximate surface area is 127 Å². The van der Waals surface area contributed by atoms with Crippen LogP contribution >= 0.6 is 22.6 Å². The molecule has 1 heterocycles. The molecule has 0 atom stereocenters. The van der Waals surface area contributed by atoms with Crippen molar-refractivity contribution in [2.24, 2.45) is 0 Å². The molecule has 0 bridgehead atoms. The molecule has 0 saturated heterocycles. The number of halogens is 1. The van der Waals surface area contributed by atoms with Crippen LogP contribution in [0.2, 0.25) is 0 Å². The van der Waals surface area contributed by atoms with Crippen LogP contribution in [0.15, 0.2) is 24.3 Å². The summed E-state index contributed by atoms with van der Waals surface area (Å²) >= 11 is 2.22. The molecule has 4 heteroatoms. The summed E-state index contributed by atoms with van der Waals surface area (Å²) in [4.78, 5) is 9.17. The van der Waals surface area contributed by atoms with Crippen LogP contribution in [0, 0.1) is 3.57 Å². The Hall–Kier alpha value is -1.17. The maximum absolute atomic E-state index is 6.03. The lowest BCUT2D eigenvalue weighted by Crippen LogP contribution is -2.07. The Morgan fingerprint density at radius 3 is 2.53 bits per heavy atom. The van der Waals surface area contributed by atoms with E-state index in [2.05, 4.69) is 60.5 Å². The SMILES string of the molecule is CCc1ccccc1-c1nc(N)c(I)c(C(C)C)n1. The Morgan fingerprint density at radius 2 is 1.89 bits per heavy atom. The van der Waals surface area contributed by atoms with Crippen LogP contribution < -0.4 is 5.73 Å². The highest BCUT2D eigenvalue weighted by molar-refractivity contribution is 14.1. The fourth-order valence-electron chi connectivity index (χ4n) is 2.03. The van der Waals surface area contributed by atoms with Crippen LogP contribution in [-0.4, -0.2) is 9.97 Å². The van der Waals surface area contributed by atoms with E-state index in [-0.39, 0.29) is 0 Å². The van der Waals surface area contributed by atoms with Crippen LogP contribution in [0.5, 0.6) is 0 Å². The molecule has 1 aromatic heterocycles. The molecule has 0 saturated carbocycles. The van der Waals surface area contributed by atoms with E-state index in [1.807, 2.05) is 12.1 Å². The van der Waals surface area contributed by atoms with Gasteiger partial charge in [0.25, 0.3) is 0 Å². The van der Waals surface area contributed by atoms with Gasteiger partial charge in [0.15, 0.2) is 5.82 Å². The van der Waals surface area contributed by atoms with Crippen molar-refractivity contribution in [1.29, 1.82) is 0 Å². The minimum atomic E-state index is 0.338. The van der Waals surface area contributed by atoms with Gasteiger partial charge in [0, 0.05) is 5.56 Å². The first-order valence-corrected chi connectivity index (χ1v) is 7.53. The standard InChI is InChI=1S/C15H18IN3/c1-4-10-7-5-6-8-11(10)15-18-13(9(2)3)12(16)14(17)19-15/h5-9H,4H2,1-3H3,(H2,17,18,19). The summed E-state index contributed by atoms with van der Waals surface area (Å²) in [6, 6.07) is 8.23. The van der Waals surface area contributed by atoms with E-state index in [9.17, 15) is 0 Å². The molecule has 0 spiro atoms. The first-order valence-electron chi connectivity index (χ1n) is 6.45. The van der Waals surface area contributed by atoms with Gasteiger partial charge in [-0.05, 0) is 40.5 Å². The van der Waals surface area contributed by atoms with E-state index in [0.29, 0.717) is 11.7 Å². The average molecular weight is 367 g/mol. The van der Waals surface area contributed by atoms with Gasteiger partial charge in [-0.1, -0.05) is 45.0 Å². The molecule has 19 heavy (non-hydrogen) atoms. The largest absolute Gasteiger partial charge is 0.383 e. The first-order chi connectivity index (χ1) is 9.04. The van der Waals surface area contributed by atoms with Crippen LogP contribution in [0.4, 0.5) is 5.82 Å². The van der Waals surface area contributed by atoms with Crippen molar-refractivity contribution in [3.8, 4) is 11.4 Å². The number of hydrogen-bond acceptors (Lipinski definition) is 3. The zero-order valence-corrected chi connectivity index (χ0v) is 13.6. The summed E-state index contributed by atoms with van der Waals surface area (Å²) in [5, 5.41) is 0. The maximum atomic E-state index is 6.03. The number of hydrogen-bond donors (Lipinski definition) is 1. The summed E-state index contributed by atoms with van der Waals surface area (Å²) < 4.78 is 0.963. The van der Waals surface area contributed by atoms with E-state index < -0.39 is 0 Å². The number of benzene rings is 1. The van der Waals surface area contributed by atoms with Crippen LogP contribution in [0.3, 0.4) is 0 Å². The number of nitrogens with two attached hydrogens (primary N) is 1. The molecule has 0 unspecified atom stereocenters. The first kappa shape index (κ1) is 14.2. The van der Waals surface area contributed by atoms with Crippen molar-refractivity contribution in [3.05, 3.63) is 39.1 Å². The van der Waals surface area contributed by atoms with Gasteiger partial charge in [-0.25, -0.2) is 9.97 Å². The van der Waals surface area contributed by atoms with Gasteiger partial charge in [0.05, 0.1) is 9.26 Å². The highest BCUT2D eigenvalue weighted by Crippen LogP contribution is 2.28. The molecule has 2 aromatic rings. The van der Waals surface area contributed by atoms with Crippen molar-refractivity contribution in [1.82, 2.24) is 9.97 Å². The summed E-state index contributed by atoms with van der Waals surface area (Å²) in [7, 11) is 0. The van der Waals surface area contributed by atoms with Crippen molar-refractivity contribution in [2.75, 3.05) is 5.73 Å².